The van der Waals surface area contributed by atoms with E-state index in [1.165, 1.54) is 0 Å². The Morgan fingerprint density at radius 2 is 2.33 bits per heavy atom. The summed E-state index contributed by atoms with van der Waals surface area (Å²) in [4.78, 5) is 22.5. The average molecular weight is 270 g/mol. The van der Waals surface area contributed by atoms with Crippen molar-refractivity contribution in [2.75, 3.05) is 0 Å². The van der Waals surface area contributed by atoms with E-state index in [1.807, 2.05) is 0 Å². The molecule has 0 saturated heterocycles. The fourth-order valence-electron chi connectivity index (χ4n) is 1.92. The summed E-state index contributed by atoms with van der Waals surface area (Å²) in [6, 6.07) is 5.04. The summed E-state index contributed by atoms with van der Waals surface area (Å²) in [5, 5.41) is 0.500. The van der Waals surface area contributed by atoms with Crippen LogP contribution in [0.25, 0.3) is 0 Å². The van der Waals surface area contributed by atoms with Crippen LogP contribution in [-0.2, 0) is 15.9 Å². The maximum atomic E-state index is 11.8. The highest BCUT2D eigenvalue weighted by atomic mass is 35.5. The number of cyclic esters (lactones) is 1. The molecule has 2 atom stereocenters. The Morgan fingerprint density at radius 3 is 3.00 bits per heavy atom. The van der Waals surface area contributed by atoms with E-state index in [0.29, 0.717) is 22.6 Å². The van der Waals surface area contributed by atoms with Crippen LogP contribution in [0, 0.1) is 0 Å². The summed E-state index contributed by atoms with van der Waals surface area (Å²) in [6.45, 7) is 1.62. The van der Waals surface area contributed by atoms with E-state index in [1.54, 1.807) is 25.1 Å². The molecule has 1 aromatic carbocycles. The van der Waals surface area contributed by atoms with Gasteiger partial charge in [-0.25, -0.2) is 9.59 Å². The molecule has 0 aliphatic carbocycles. The van der Waals surface area contributed by atoms with Gasteiger partial charge in [0.15, 0.2) is 0 Å². The van der Waals surface area contributed by atoms with E-state index < -0.39 is 24.3 Å². The number of carbonyl (C=O) groups is 2. The molecule has 2 N–H and O–H groups in total. The van der Waals surface area contributed by atoms with Crippen LogP contribution in [-0.4, -0.2) is 24.3 Å². The molecule has 0 aromatic heterocycles. The van der Waals surface area contributed by atoms with Gasteiger partial charge in [-0.3, -0.25) is 0 Å². The Balaban J connectivity index is 2.24. The van der Waals surface area contributed by atoms with E-state index >= 15 is 0 Å². The Bertz CT molecular complexity index is 503. The minimum Gasteiger partial charge on any atom is -0.454 e. The normalized spacial score (nSPS) is 19.7. The number of esters is 1. The molecule has 0 spiro atoms. The lowest BCUT2D eigenvalue weighted by Crippen LogP contribution is -2.39. The molecule has 1 amide bonds. The number of rotatable bonds is 2. The maximum absolute atomic E-state index is 11.8. The number of ether oxygens (including phenoxy) is 2. The summed E-state index contributed by atoms with van der Waals surface area (Å²) in [7, 11) is 0. The molecule has 0 saturated carbocycles. The Kier molecular flexibility index (Phi) is 3.43. The third-order valence-corrected chi connectivity index (χ3v) is 3.18. The summed E-state index contributed by atoms with van der Waals surface area (Å²) in [5.41, 5.74) is 6.09. The number of hydrogen-bond acceptors (Lipinski definition) is 4. The van der Waals surface area contributed by atoms with E-state index in [4.69, 9.17) is 26.8 Å². The molecule has 2 rings (SSSR count). The molecule has 1 aliphatic heterocycles. The minimum absolute atomic E-state index is 0.398. The lowest BCUT2D eigenvalue weighted by molar-refractivity contribution is -0.0216. The lowest BCUT2D eigenvalue weighted by Gasteiger charge is -2.28. The van der Waals surface area contributed by atoms with Crippen molar-refractivity contribution in [1.82, 2.24) is 0 Å². The number of amides is 1. The molecule has 96 valence electrons. The van der Waals surface area contributed by atoms with Crippen LogP contribution in [0.2, 0.25) is 5.02 Å². The van der Waals surface area contributed by atoms with Crippen molar-refractivity contribution in [3.63, 3.8) is 0 Å². The van der Waals surface area contributed by atoms with Crippen LogP contribution in [0.1, 0.15) is 22.8 Å². The number of primary amides is 1. The average Bonchev–Trinajstić information content (AvgIpc) is 2.29. The van der Waals surface area contributed by atoms with Crippen LogP contribution in [0.15, 0.2) is 18.2 Å². The van der Waals surface area contributed by atoms with Crippen molar-refractivity contribution in [3.8, 4) is 0 Å². The number of hydrogen-bond donors (Lipinski definition) is 1. The van der Waals surface area contributed by atoms with Crippen LogP contribution in [0.3, 0.4) is 0 Å². The van der Waals surface area contributed by atoms with Crippen LogP contribution < -0.4 is 5.73 Å². The second-order valence-corrected chi connectivity index (χ2v) is 4.46. The second-order valence-electron chi connectivity index (χ2n) is 4.06. The highest BCUT2D eigenvalue weighted by molar-refractivity contribution is 6.31. The number of nitrogens with two attached hydrogens (primary N) is 1. The maximum Gasteiger partial charge on any atom is 0.404 e. The van der Waals surface area contributed by atoms with Gasteiger partial charge in [0.05, 0.1) is 5.56 Å². The molecule has 18 heavy (non-hydrogen) atoms. The van der Waals surface area contributed by atoms with Gasteiger partial charge in [0.1, 0.15) is 12.2 Å². The summed E-state index contributed by atoms with van der Waals surface area (Å²) >= 11 is 6.04. The van der Waals surface area contributed by atoms with Gasteiger partial charge in [-0.05, 0) is 24.6 Å². The smallest absolute Gasteiger partial charge is 0.404 e. The van der Waals surface area contributed by atoms with Gasteiger partial charge in [0.25, 0.3) is 0 Å². The molecule has 0 bridgehead atoms. The van der Waals surface area contributed by atoms with E-state index in [9.17, 15) is 9.59 Å². The Hall–Kier alpha value is -1.75. The number of benzene rings is 1. The van der Waals surface area contributed by atoms with Crippen molar-refractivity contribution < 1.29 is 19.1 Å². The fourth-order valence-corrected chi connectivity index (χ4v) is 2.17. The first-order chi connectivity index (χ1) is 8.49. The topological polar surface area (TPSA) is 78.6 Å². The molecule has 1 aliphatic rings. The Labute approximate surface area is 109 Å². The van der Waals surface area contributed by atoms with E-state index in [0.717, 1.165) is 0 Å². The van der Waals surface area contributed by atoms with Gasteiger partial charge in [-0.2, -0.15) is 0 Å². The quantitative estimate of drug-likeness (QED) is 0.832. The van der Waals surface area contributed by atoms with Gasteiger partial charge in [-0.15, -0.1) is 0 Å². The molecule has 2 unspecified atom stereocenters. The lowest BCUT2D eigenvalue weighted by atomic mass is 9.96. The van der Waals surface area contributed by atoms with Crippen molar-refractivity contribution in [3.05, 3.63) is 34.3 Å². The molecule has 0 radical (unpaired) electrons. The minimum atomic E-state index is -0.900. The third kappa shape index (κ3) is 2.41. The first-order valence-electron chi connectivity index (χ1n) is 5.43. The second kappa shape index (κ2) is 4.86. The van der Waals surface area contributed by atoms with Gasteiger partial charge in [0, 0.05) is 11.4 Å². The SMILES string of the molecule is CC(OC(N)=O)C1Cc2c(Cl)cccc2C(=O)O1. The standard InChI is InChI=1S/C12H12ClNO4/c1-6(17-12(14)16)10-5-8-7(11(15)18-10)3-2-4-9(8)13/h2-4,6,10H,5H2,1H3,(H2,14,16). The van der Waals surface area contributed by atoms with Crippen LogP contribution in [0.5, 0.6) is 0 Å². The fraction of sp³-hybridized carbons (Fsp3) is 0.333. The summed E-state index contributed by atoms with van der Waals surface area (Å²) in [5.74, 6) is -0.469. The number of fused-ring (bicyclic) bond motifs is 1. The van der Waals surface area contributed by atoms with Gasteiger partial charge >= 0.3 is 12.1 Å². The molecular formula is C12H12ClNO4. The van der Waals surface area contributed by atoms with Gasteiger partial charge < -0.3 is 15.2 Å². The Morgan fingerprint density at radius 1 is 1.61 bits per heavy atom. The number of carbonyl (C=O) groups excluding carboxylic acids is 2. The third-order valence-electron chi connectivity index (χ3n) is 2.83. The van der Waals surface area contributed by atoms with Crippen LogP contribution >= 0.6 is 11.6 Å². The van der Waals surface area contributed by atoms with Crippen molar-refractivity contribution >= 4 is 23.7 Å². The molecular weight excluding hydrogens is 258 g/mol. The largest absolute Gasteiger partial charge is 0.454 e. The zero-order chi connectivity index (χ0) is 13.3. The predicted molar refractivity (Wildman–Crippen MR) is 64.5 cm³/mol. The zero-order valence-corrected chi connectivity index (χ0v) is 10.4. The zero-order valence-electron chi connectivity index (χ0n) is 9.68. The molecule has 5 nitrogen and oxygen atoms in total. The predicted octanol–water partition coefficient (Wildman–Crippen LogP) is 1.91. The molecule has 1 aromatic rings. The molecule has 6 heteroatoms. The monoisotopic (exact) mass is 269 g/mol. The molecule has 1 heterocycles. The van der Waals surface area contributed by atoms with Crippen molar-refractivity contribution in [2.45, 2.75) is 25.6 Å². The highest BCUT2D eigenvalue weighted by Gasteiger charge is 2.32. The van der Waals surface area contributed by atoms with Crippen LogP contribution in [0.4, 0.5) is 4.79 Å². The summed E-state index contributed by atoms with van der Waals surface area (Å²) in [6.07, 6.45) is -1.69. The van der Waals surface area contributed by atoms with Crippen molar-refractivity contribution in [2.24, 2.45) is 5.73 Å². The van der Waals surface area contributed by atoms with E-state index in [2.05, 4.69) is 0 Å². The van der Waals surface area contributed by atoms with E-state index in [-0.39, 0.29) is 0 Å². The first-order valence-corrected chi connectivity index (χ1v) is 5.81. The first kappa shape index (κ1) is 12.7. The summed E-state index contributed by atoms with van der Waals surface area (Å²) < 4.78 is 10.0. The van der Waals surface area contributed by atoms with Gasteiger partial charge in [-0.1, -0.05) is 17.7 Å². The molecule has 0 fully saturated rings. The number of halogens is 1. The van der Waals surface area contributed by atoms with Crippen molar-refractivity contribution in [1.29, 1.82) is 0 Å². The highest BCUT2D eigenvalue weighted by Crippen LogP contribution is 2.28. The van der Waals surface area contributed by atoms with Gasteiger partial charge in [0.2, 0.25) is 0 Å².